The molecule has 0 heterocycles. The van der Waals surface area contributed by atoms with Gasteiger partial charge >= 0.3 is 0 Å². The largest absolute Gasteiger partial charge is 0.497 e. The third-order valence-electron chi connectivity index (χ3n) is 3.24. The van der Waals surface area contributed by atoms with Gasteiger partial charge in [0, 0.05) is 58.9 Å². The molecule has 0 amide bonds. The van der Waals surface area contributed by atoms with E-state index < -0.39 is 0 Å². The van der Waals surface area contributed by atoms with Crippen molar-refractivity contribution >= 4 is 0 Å². The molecule has 0 aliphatic rings. The maximum atomic E-state index is 5.39. The lowest BCUT2D eigenvalue weighted by Gasteiger charge is -2.08. The lowest BCUT2D eigenvalue weighted by molar-refractivity contribution is 0.414. The molecule has 0 radical (unpaired) electrons. The fraction of sp³-hybridized carbons (Fsp3) is 0.625. The SMILES string of the molecule is COc1ccc(CNCCNCCNCCNCCN)cc1. The maximum Gasteiger partial charge on any atom is 0.118 e. The molecular weight excluding hydrogens is 278 g/mol. The lowest BCUT2D eigenvalue weighted by atomic mass is 10.2. The first-order valence-corrected chi connectivity index (χ1v) is 8.02. The number of hydrogen-bond donors (Lipinski definition) is 5. The summed E-state index contributed by atoms with van der Waals surface area (Å²) >= 11 is 0. The molecule has 0 spiro atoms. The van der Waals surface area contributed by atoms with Crippen molar-refractivity contribution in [3.63, 3.8) is 0 Å². The molecule has 0 aromatic heterocycles. The van der Waals surface area contributed by atoms with Gasteiger partial charge in [-0.15, -0.1) is 0 Å². The summed E-state index contributed by atoms with van der Waals surface area (Å²) in [5, 5.41) is 13.4. The predicted molar refractivity (Wildman–Crippen MR) is 92.4 cm³/mol. The first kappa shape index (κ1) is 18.9. The first-order chi connectivity index (χ1) is 10.9. The van der Waals surface area contributed by atoms with E-state index >= 15 is 0 Å². The zero-order chi connectivity index (χ0) is 15.9. The Balaban J connectivity index is 1.85. The Bertz CT molecular complexity index is 358. The van der Waals surface area contributed by atoms with Crippen molar-refractivity contribution in [3.05, 3.63) is 29.8 Å². The number of rotatable bonds is 14. The summed E-state index contributed by atoms with van der Waals surface area (Å²) in [6, 6.07) is 8.15. The van der Waals surface area contributed by atoms with Crippen LogP contribution in [0.3, 0.4) is 0 Å². The highest BCUT2D eigenvalue weighted by atomic mass is 16.5. The monoisotopic (exact) mass is 309 g/mol. The lowest BCUT2D eigenvalue weighted by Crippen LogP contribution is -2.35. The van der Waals surface area contributed by atoms with Gasteiger partial charge in [-0.3, -0.25) is 0 Å². The van der Waals surface area contributed by atoms with Crippen molar-refractivity contribution in [2.45, 2.75) is 6.54 Å². The van der Waals surface area contributed by atoms with E-state index in [-0.39, 0.29) is 0 Å². The molecule has 0 fully saturated rings. The molecule has 0 unspecified atom stereocenters. The van der Waals surface area contributed by atoms with Crippen molar-refractivity contribution in [1.29, 1.82) is 0 Å². The quantitative estimate of drug-likeness (QED) is 0.298. The topological polar surface area (TPSA) is 83.4 Å². The minimum Gasteiger partial charge on any atom is -0.497 e. The highest BCUT2D eigenvalue weighted by Gasteiger charge is 1.94. The molecule has 0 aliphatic heterocycles. The smallest absolute Gasteiger partial charge is 0.118 e. The van der Waals surface area contributed by atoms with Crippen LogP contribution in [0.4, 0.5) is 0 Å². The molecule has 6 heteroatoms. The maximum absolute atomic E-state index is 5.39. The zero-order valence-electron chi connectivity index (χ0n) is 13.7. The fourth-order valence-electron chi connectivity index (χ4n) is 1.98. The van der Waals surface area contributed by atoms with Crippen LogP contribution < -0.4 is 31.7 Å². The predicted octanol–water partition coefficient (Wildman–Crippen LogP) is -0.488. The van der Waals surface area contributed by atoms with E-state index in [1.807, 2.05) is 12.1 Å². The number of ether oxygens (including phenoxy) is 1. The summed E-state index contributed by atoms with van der Waals surface area (Å²) in [6.07, 6.45) is 0. The van der Waals surface area contributed by atoms with Crippen molar-refractivity contribution in [2.24, 2.45) is 5.73 Å². The molecule has 0 bridgehead atoms. The van der Waals surface area contributed by atoms with Gasteiger partial charge in [-0.05, 0) is 17.7 Å². The molecule has 1 rings (SSSR count). The molecule has 6 N–H and O–H groups in total. The van der Waals surface area contributed by atoms with Crippen molar-refractivity contribution in [2.75, 3.05) is 59.5 Å². The summed E-state index contributed by atoms with van der Waals surface area (Å²) in [6.45, 7) is 8.34. The third-order valence-corrected chi connectivity index (χ3v) is 3.24. The van der Waals surface area contributed by atoms with Crippen LogP contribution in [-0.4, -0.2) is 59.5 Å². The van der Waals surface area contributed by atoms with Crippen LogP contribution in [0.15, 0.2) is 24.3 Å². The van der Waals surface area contributed by atoms with E-state index in [1.54, 1.807) is 7.11 Å². The Morgan fingerprint density at radius 1 is 0.773 bits per heavy atom. The van der Waals surface area contributed by atoms with Crippen molar-refractivity contribution < 1.29 is 4.74 Å². The molecule has 22 heavy (non-hydrogen) atoms. The molecule has 1 aromatic rings. The molecule has 126 valence electrons. The average molecular weight is 309 g/mol. The molecule has 1 aromatic carbocycles. The van der Waals surface area contributed by atoms with Crippen LogP contribution in [0, 0.1) is 0 Å². The third kappa shape index (κ3) is 9.70. The molecule has 6 nitrogen and oxygen atoms in total. The van der Waals surface area contributed by atoms with Gasteiger partial charge in [0.1, 0.15) is 5.75 Å². The van der Waals surface area contributed by atoms with E-state index in [0.29, 0.717) is 6.54 Å². The van der Waals surface area contributed by atoms with Gasteiger partial charge in [0.25, 0.3) is 0 Å². The zero-order valence-corrected chi connectivity index (χ0v) is 13.7. The number of nitrogens with one attached hydrogen (secondary N) is 4. The summed E-state index contributed by atoms with van der Waals surface area (Å²) in [4.78, 5) is 0. The molecule has 0 saturated carbocycles. The molecule has 0 aliphatic carbocycles. The van der Waals surface area contributed by atoms with E-state index in [1.165, 1.54) is 5.56 Å². The Kier molecular flexibility index (Phi) is 11.6. The number of benzene rings is 1. The summed E-state index contributed by atoms with van der Waals surface area (Å²) in [5.74, 6) is 0.899. The van der Waals surface area contributed by atoms with Crippen molar-refractivity contribution in [1.82, 2.24) is 21.3 Å². The molecule has 0 atom stereocenters. The van der Waals surface area contributed by atoms with E-state index in [0.717, 1.165) is 58.1 Å². The standard InChI is InChI=1S/C16H31N5O/c1-22-16-4-2-15(3-5-16)14-21-13-12-20-11-10-19-9-8-18-7-6-17/h2-5,18-21H,6-14,17H2,1H3. The van der Waals surface area contributed by atoms with Gasteiger partial charge < -0.3 is 31.7 Å². The summed E-state index contributed by atoms with van der Waals surface area (Å²) in [7, 11) is 1.68. The van der Waals surface area contributed by atoms with E-state index in [2.05, 4.69) is 33.4 Å². The normalized spacial score (nSPS) is 10.8. The molecule has 0 saturated heterocycles. The van der Waals surface area contributed by atoms with Crippen LogP contribution in [0.25, 0.3) is 0 Å². The summed E-state index contributed by atoms with van der Waals surface area (Å²) in [5.41, 5.74) is 6.67. The number of nitrogens with two attached hydrogens (primary N) is 1. The molecular formula is C16H31N5O. The van der Waals surface area contributed by atoms with Crippen LogP contribution in [0.2, 0.25) is 0 Å². The Morgan fingerprint density at radius 2 is 1.27 bits per heavy atom. The van der Waals surface area contributed by atoms with Gasteiger partial charge in [-0.1, -0.05) is 12.1 Å². The van der Waals surface area contributed by atoms with Crippen LogP contribution >= 0.6 is 0 Å². The Morgan fingerprint density at radius 3 is 1.77 bits per heavy atom. The summed E-state index contributed by atoms with van der Waals surface area (Å²) < 4.78 is 5.14. The van der Waals surface area contributed by atoms with Crippen LogP contribution in [-0.2, 0) is 6.54 Å². The van der Waals surface area contributed by atoms with E-state index in [4.69, 9.17) is 10.5 Å². The minimum absolute atomic E-state index is 0.699. The number of hydrogen-bond acceptors (Lipinski definition) is 6. The fourth-order valence-corrected chi connectivity index (χ4v) is 1.98. The highest BCUT2D eigenvalue weighted by molar-refractivity contribution is 5.26. The minimum atomic E-state index is 0.699. The van der Waals surface area contributed by atoms with Gasteiger partial charge in [0.15, 0.2) is 0 Å². The second kappa shape index (κ2) is 13.5. The Labute approximate surface area is 134 Å². The number of methoxy groups -OCH3 is 1. The van der Waals surface area contributed by atoms with Gasteiger partial charge in [0.2, 0.25) is 0 Å². The Hall–Kier alpha value is -1.18. The second-order valence-electron chi connectivity index (χ2n) is 5.06. The van der Waals surface area contributed by atoms with Gasteiger partial charge in [-0.2, -0.15) is 0 Å². The van der Waals surface area contributed by atoms with Crippen LogP contribution in [0.5, 0.6) is 5.75 Å². The van der Waals surface area contributed by atoms with Gasteiger partial charge in [-0.25, -0.2) is 0 Å². The highest BCUT2D eigenvalue weighted by Crippen LogP contribution is 2.10. The first-order valence-electron chi connectivity index (χ1n) is 8.02. The van der Waals surface area contributed by atoms with E-state index in [9.17, 15) is 0 Å². The second-order valence-corrected chi connectivity index (χ2v) is 5.06. The van der Waals surface area contributed by atoms with Crippen molar-refractivity contribution in [3.8, 4) is 5.75 Å². The average Bonchev–Trinajstić information content (AvgIpc) is 2.56. The van der Waals surface area contributed by atoms with Gasteiger partial charge in [0.05, 0.1) is 7.11 Å². The van der Waals surface area contributed by atoms with Crippen LogP contribution in [0.1, 0.15) is 5.56 Å².